The molecular formula is C19H16FN7. The number of aromatic nitrogens is 5. The summed E-state index contributed by atoms with van der Waals surface area (Å²) in [5, 5.41) is 27.6. The van der Waals surface area contributed by atoms with E-state index in [9.17, 15) is 9.65 Å². The van der Waals surface area contributed by atoms with E-state index in [0.717, 1.165) is 10.9 Å². The number of hydrogen-bond donors (Lipinski definition) is 3. The van der Waals surface area contributed by atoms with Crippen molar-refractivity contribution < 1.29 is 4.39 Å². The Balaban J connectivity index is 1.94. The minimum atomic E-state index is -0.370. The molecule has 3 N–H and O–H groups in total. The van der Waals surface area contributed by atoms with Crippen molar-refractivity contribution in [3.63, 3.8) is 0 Å². The lowest BCUT2D eigenvalue weighted by molar-refractivity contribution is 0.630. The summed E-state index contributed by atoms with van der Waals surface area (Å²) in [5.41, 5.74) is 3.27. The molecule has 27 heavy (non-hydrogen) atoms. The third-order valence-electron chi connectivity index (χ3n) is 4.40. The molecule has 0 amide bonds. The fraction of sp³-hybridized carbons (Fsp3) is 0.158. The minimum Gasteiger partial charge on any atom is -0.313 e. The molecule has 7 nitrogen and oxygen atoms in total. The van der Waals surface area contributed by atoms with Crippen LogP contribution < -0.4 is 5.32 Å². The molecular weight excluding hydrogens is 345 g/mol. The second kappa shape index (κ2) is 6.63. The van der Waals surface area contributed by atoms with E-state index in [-0.39, 0.29) is 5.82 Å². The van der Waals surface area contributed by atoms with Crippen LogP contribution in [0.15, 0.2) is 30.3 Å². The van der Waals surface area contributed by atoms with Gasteiger partial charge in [0.1, 0.15) is 17.3 Å². The first-order valence-electron chi connectivity index (χ1n) is 8.36. The summed E-state index contributed by atoms with van der Waals surface area (Å²) in [6, 6.07) is 10.5. The van der Waals surface area contributed by atoms with E-state index in [4.69, 9.17) is 0 Å². The van der Waals surface area contributed by atoms with Crippen LogP contribution in [-0.4, -0.2) is 32.4 Å². The number of aromatic amines is 2. The highest BCUT2D eigenvalue weighted by molar-refractivity contribution is 5.96. The van der Waals surface area contributed by atoms with Gasteiger partial charge in [-0.3, -0.25) is 10.2 Å². The number of hydrogen-bond acceptors (Lipinski definition) is 5. The monoisotopic (exact) mass is 361 g/mol. The molecule has 4 aromatic rings. The number of benzene rings is 2. The molecule has 0 fully saturated rings. The third kappa shape index (κ3) is 2.84. The Labute approximate surface area is 154 Å². The van der Waals surface area contributed by atoms with Crippen LogP contribution >= 0.6 is 0 Å². The normalized spacial score (nSPS) is 11.0. The average Bonchev–Trinajstić information content (AvgIpc) is 3.27. The zero-order valence-corrected chi connectivity index (χ0v) is 14.8. The molecule has 4 rings (SSSR count). The Kier molecular flexibility index (Phi) is 4.14. The van der Waals surface area contributed by atoms with Crippen LogP contribution in [0, 0.1) is 24.1 Å². The first-order valence-corrected chi connectivity index (χ1v) is 8.36. The zero-order chi connectivity index (χ0) is 19.0. The molecule has 8 heteroatoms. The van der Waals surface area contributed by atoms with Crippen molar-refractivity contribution >= 4 is 10.9 Å². The topological polar surface area (TPSA) is 106 Å². The van der Waals surface area contributed by atoms with Gasteiger partial charge in [0.05, 0.1) is 23.7 Å². The van der Waals surface area contributed by atoms with Crippen LogP contribution in [0.5, 0.6) is 0 Å². The van der Waals surface area contributed by atoms with Crippen molar-refractivity contribution in [3.05, 3.63) is 53.1 Å². The van der Waals surface area contributed by atoms with E-state index in [1.54, 1.807) is 18.2 Å². The molecule has 0 spiro atoms. The number of nitriles is 1. The van der Waals surface area contributed by atoms with Gasteiger partial charge < -0.3 is 5.32 Å². The highest BCUT2D eigenvalue weighted by atomic mass is 19.1. The van der Waals surface area contributed by atoms with Gasteiger partial charge in [-0.2, -0.15) is 15.5 Å². The molecule has 0 saturated heterocycles. The largest absolute Gasteiger partial charge is 0.313 e. The molecule has 0 saturated carbocycles. The lowest BCUT2D eigenvalue weighted by Gasteiger charge is -2.10. The number of nitrogens with one attached hydrogen (secondary N) is 3. The fourth-order valence-corrected chi connectivity index (χ4v) is 3.15. The molecule has 2 aromatic heterocycles. The van der Waals surface area contributed by atoms with E-state index in [0.29, 0.717) is 46.1 Å². The van der Waals surface area contributed by atoms with Gasteiger partial charge in [0.2, 0.25) is 5.82 Å². The second-order valence-corrected chi connectivity index (χ2v) is 6.20. The van der Waals surface area contributed by atoms with E-state index >= 15 is 0 Å². The van der Waals surface area contributed by atoms with Gasteiger partial charge in [-0.15, -0.1) is 0 Å². The molecule has 2 heterocycles. The summed E-state index contributed by atoms with van der Waals surface area (Å²) in [5.74, 6) is 0.750. The first-order chi connectivity index (χ1) is 13.1. The summed E-state index contributed by atoms with van der Waals surface area (Å²) in [6.45, 7) is 2.37. The first kappa shape index (κ1) is 16.9. The molecule has 0 unspecified atom stereocenters. The Morgan fingerprint density at radius 1 is 1.22 bits per heavy atom. The molecule has 0 aliphatic rings. The van der Waals surface area contributed by atoms with Crippen molar-refractivity contribution in [3.8, 4) is 28.7 Å². The van der Waals surface area contributed by atoms with Crippen molar-refractivity contribution in [2.45, 2.75) is 13.5 Å². The maximum atomic E-state index is 14.5. The highest BCUT2D eigenvalue weighted by Crippen LogP contribution is 2.34. The molecule has 2 aromatic carbocycles. The quantitative estimate of drug-likeness (QED) is 0.518. The van der Waals surface area contributed by atoms with Crippen molar-refractivity contribution in [1.82, 2.24) is 30.7 Å². The number of H-pyrrole nitrogens is 2. The Bertz CT molecular complexity index is 1160. The number of halogens is 1. The van der Waals surface area contributed by atoms with E-state index in [1.165, 1.54) is 6.07 Å². The SMILES string of the molecule is CNCc1nc(-c2n[nH]c3cc(C#N)c(-c4c(C)cccc4F)cc23)n[nH]1. The van der Waals surface area contributed by atoms with Crippen molar-refractivity contribution in [2.24, 2.45) is 0 Å². The van der Waals surface area contributed by atoms with E-state index in [1.807, 2.05) is 20.0 Å². The number of nitrogens with zero attached hydrogens (tertiary/aromatic N) is 4. The molecule has 0 bridgehead atoms. The predicted octanol–water partition coefficient (Wildman–Crippen LogP) is 3.05. The van der Waals surface area contributed by atoms with Gasteiger partial charge in [-0.05, 0) is 37.7 Å². The minimum absolute atomic E-state index is 0.370. The Hall–Kier alpha value is -3.57. The summed E-state index contributed by atoms with van der Waals surface area (Å²) < 4.78 is 14.5. The van der Waals surface area contributed by atoms with Crippen LogP contribution in [0.2, 0.25) is 0 Å². The molecule has 0 aliphatic carbocycles. The second-order valence-electron chi connectivity index (χ2n) is 6.20. The standard InChI is InChI=1S/C19H16FN7/c1-10-4-3-5-14(20)17(10)12-7-13-15(6-11(12)8-21)24-26-18(13)19-23-16(9-22-2)25-27-19/h3-7,22H,9H2,1-2H3,(H,24,26)(H,23,25,27). The van der Waals surface area contributed by atoms with Crippen molar-refractivity contribution in [2.75, 3.05) is 7.05 Å². The highest BCUT2D eigenvalue weighted by Gasteiger charge is 2.19. The van der Waals surface area contributed by atoms with Gasteiger partial charge in [0.25, 0.3) is 0 Å². The predicted molar refractivity (Wildman–Crippen MR) is 99.1 cm³/mol. The molecule has 134 valence electrons. The molecule has 0 aliphatic heterocycles. The number of fused-ring (bicyclic) bond motifs is 1. The smallest absolute Gasteiger partial charge is 0.202 e. The lowest BCUT2D eigenvalue weighted by Crippen LogP contribution is -2.06. The summed E-state index contributed by atoms with van der Waals surface area (Å²) in [7, 11) is 1.82. The van der Waals surface area contributed by atoms with Crippen LogP contribution in [0.4, 0.5) is 4.39 Å². The molecule has 0 radical (unpaired) electrons. The van der Waals surface area contributed by atoms with Crippen molar-refractivity contribution in [1.29, 1.82) is 5.26 Å². The van der Waals surface area contributed by atoms with E-state index in [2.05, 4.69) is 36.8 Å². The van der Waals surface area contributed by atoms with E-state index < -0.39 is 0 Å². The van der Waals surface area contributed by atoms with Crippen LogP contribution in [0.1, 0.15) is 17.0 Å². The molecule has 0 atom stereocenters. The number of rotatable bonds is 4. The maximum Gasteiger partial charge on any atom is 0.202 e. The lowest BCUT2D eigenvalue weighted by atomic mass is 9.94. The van der Waals surface area contributed by atoms with Gasteiger partial charge in [-0.1, -0.05) is 12.1 Å². The Morgan fingerprint density at radius 2 is 2.07 bits per heavy atom. The third-order valence-corrected chi connectivity index (χ3v) is 4.40. The van der Waals surface area contributed by atoms with Gasteiger partial charge in [0.15, 0.2) is 0 Å². The zero-order valence-electron chi connectivity index (χ0n) is 14.8. The Morgan fingerprint density at radius 3 is 2.81 bits per heavy atom. The van der Waals surface area contributed by atoms with Crippen LogP contribution in [0.25, 0.3) is 33.5 Å². The van der Waals surface area contributed by atoms with Gasteiger partial charge >= 0.3 is 0 Å². The summed E-state index contributed by atoms with van der Waals surface area (Å²) in [4.78, 5) is 4.42. The summed E-state index contributed by atoms with van der Waals surface area (Å²) in [6.07, 6.45) is 0. The number of aryl methyl sites for hydroxylation is 1. The maximum absolute atomic E-state index is 14.5. The fourth-order valence-electron chi connectivity index (χ4n) is 3.15. The average molecular weight is 361 g/mol. The van der Waals surface area contributed by atoms with Crippen LogP contribution in [-0.2, 0) is 6.54 Å². The summed E-state index contributed by atoms with van der Waals surface area (Å²) >= 11 is 0. The van der Waals surface area contributed by atoms with Crippen LogP contribution in [0.3, 0.4) is 0 Å². The van der Waals surface area contributed by atoms with Gasteiger partial charge in [-0.25, -0.2) is 9.37 Å². The van der Waals surface area contributed by atoms with Gasteiger partial charge in [0, 0.05) is 16.5 Å².